The van der Waals surface area contributed by atoms with Gasteiger partial charge in [-0.3, -0.25) is 4.79 Å². The fourth-order valence-electron chi connectivity index (χ4n) is 2.66. The predicted molar refractivity (Wildman–Crippen MR) is 112 cm³/mol. The standard InChI is InChI=1S/C24H25NO3/c1-17-9-12-23(15-18(17)2)28-19(3)24(26)25-21-10-13-22(14-11-21)27-16-20-7-5-4-6-8-20/h4-15,19H,16H2,1-3H3,(H,25,26)/t19-/m1/s1. The normalized spacial score (nSPS) is 11.5. The Morgan fingerprint density at radius 2 is 1.57 bits per heavy atom. The van der Waals surface area contributed by atoms with Gasteiger partial charge in [0.15, 0.2) is 6.10 Å². The first-order valence-electron chi connectivity index (χ1n) is 9.33. The number of nitrogens with one attached hydrogen (secondary N) is 1. The van der Waals surface area contributed by atoms with Crippen LogP contribution < -0.4 is 14.8 Å². The van der Waals surface area contributed by atoms with Crippen LogP contribution in [0.5, 0.6) is 11.5 Å². The van der Waals surface area contributed by atoms with Gasteiger partial charge < -0.3 is 14.8 Å². The van der Waals surface area contributed by atoms with Crippen molar-refractivity contribution in [3.63, 3.8) is 0 Å². The van der Waals surface area contributed by atoms with Gasteiger partial charge in [-0.2, -0.15) is 0 Å². The van der Waals surface area contributed by atoms with Crippen molar-refractivity contribution in [3.8, 4) is 11.5 Å². The van der Waals surface area contributed by atoms with Crippen LogP contribution in [0.2, 0.25) is 0 Å². The van der Waals surface area contributed by atoms with Crippen molar-refractivity contribution in [3.05, 3.63) is 89.5 Å². The zero-order valence-electron chi connectivity index (χ0n) is 16.4. The third-order valence-corrected chi connectivity index (χ3v) is 4.53. The number of hydrogen-bond donors (Lipinski definition) is 1. The fraction of sp³-hybridized carbons (Fsp3) is 0.208. The molecule has 0 aromatic heterocycles. The van der Waals surface area contributed by atoms with Crippen molar-refractivity contribution in [2.24, 2.45) is 0 Å². The number of ether oxygens (including phenoxy) is 2. The molecule has 0 bridgehead atoms. The summed E-state index contributed by atoms with van der Waals surface area (Å²) >= 11 is 0. The number of rotatable bonds is 7. The minimum atomic E-state index is -0.601. The van der Waals surface area contributed by atoms with E-state index in [1.54, 1.807) is 6.92 Å². The van der Waals surface area contributed by atoms with E-state index in [2.05, 4.69) is 5.32 Å². The van der Waals surface area contributed by atoms with Crippen LogP contribution in [0.15, 0.2) is 72.8 Å². The Hall–Kier alpha value is -3.27. The lowest BCUT2D eigenvalue weighted by Gasteiger charge is -2.16. The molecule has 1 amide bonds. The Bertz CT molecular complexity index is 920. The molecule has 1 atom stereocenters. The number of hydrogen-bond acceptors (Lipinski definition) is 3. The topological polar surface area (TPSA) is 47.6 Å². The number of carbonyl (C=O) groups excluding carboxylic acids is 1. The Kier molecular flexibility index (Phi) is 6.33. The van der Waals surface area contributed by atoms with Crippen molar-refractivity contribution in [2.75, 3.05) is 5.32 Å². The summed E-state index contributed by atoms with van der Waals surface area (Å²) in [6.45, 7) is 6.31. The smallest absolute Gasteiger partial charge is 0.265 e. The number of carbonyl (C=O) groups is 1. The molecular formula is C24H25NO3. The van der Waals surface area contributed by atoms with E-state index in [0.717, 1.165) is 16.9 Å². The quantitative estimate of drug-likeness (QED) is 0.610. The van der Waals surface area contributed by atoms with Gasteiger partial charge in [-0.1, -0.05) is 36.4 Å². The largest absolute Gasteiger partial charge is 0.489 e. The molecule has 144 valence electrons. The Labute approximate surface area is 166 Å². The second-order valence-electron chi connectivity index (χ2n) is 6.79. The highest BCUT2D eigenvalue weighted by atomic mass is 16.5. The summed E-state index contributed by atoms with van der Waals surface area (Å²) in [6.07, 6.45) is -0.601. The lowest BCUT2D eigenvalue weighted by molar-refractivity contribution is -0.122. The molecular weight excluding hydrogens is 350 g/mol. The molecule has 0 saturated heterocycles. The van der Waals surface area contributed by atoms with Crippen LogP contribution in [-0.2, 0) is 11.4 Å². The van der Waals surface area contributed by atoms with Crippen molar-refractivity contribution >= 4 is 11.6 Å². The second-order valence-corrected chi connectivity index (χ2v) is 6.79. The summed E-state index contributed by atoms with van der Waals surface area (Å²) in [5, 5.41) is 2.87. The number of aryl methyl sites for hydroxylation is 2. The molecule has 0 heterocycles. The third kappa shape index (κ3) is 5.36. The Balaban J connectivity index is 1.52. The van der Waals surface area contributed by atoms with E-state index in [1.165, 1.54) is 5.56 Å². The average molecular weight is 375 g/mol. The van der Waals surface area contributed by atoms with Crippen LogP contribution >= 0.6 is 0 Å². The van der Waals surface area contributed by atoms with Crippen LogP contribution in [0.25, 0.3) is 0 Å². The zero-order chi connectivity index (χ0) is 19.9. The molecule has 28 heavy (non-hydrogen) atoms. The lowest BCUT2D eigenvalue weighted by atomic mass is 10.1. The molecule has 3 aromatic carbocycles. The van der Waals surface area contributed by atoms with Crippen LogP contribution in [0, 0.1) is 13.8 Å². The SMILES string of the molecule is Cc1ccc(O[C@H](C)C(=O)Nc2ccc(OCc3ccccc3)cc2)cc1C. The molecule has 0 saturated carbocycles. The summed E-state index contributed by atoms with van der Waals surface area (Å²) < 4.78 is 11.5. The van der Waals surface area contributed by atoms with E-state index in [0.29, 0.717) is 18.0 Å². The summed E-state index contributed by atoms with van der Waals surface area (Å²) in [7, 11) is 0. The highest BCUT2D eigenvalue weighted by Crippen LogP contribution is 2.20. The summed E-state index contributed by atoms with van der Waals surface area (Å²) in [5.74, 6) is 1.24. The van der Waals surface area contributed by atoms with Gasteiger partial charge in [-0.15, -0.1) is 0 Å². The van der Waals surface area contributed by atoms with Crippen LogP contribution in [0.1, 0.15) is 23.6 Å². The molecule has 4 heteroatoms. The maximum atomic E-state index is 12.4. The Morgan fingerprint density at radius 3 is 2.25 bits per heavy atom. The minimum absolute atomic E-state index is 0.198. The van der Waals surface area contributed by atoms with Gasteiger partial charge in [0.25, 0.3) is 5.91 Å². The van der Waals surface area contributed by atoms with Gasteiger partial charge in [0.05, 0.1) is 0 Å². The summed E-state index contributed by atoms with van der Waals surface area (Å²) in [5.41, 5.74) is 4.14. The molecule has 3 aromatic rings. The van der Waals surface area contributed by atoms with Crippen molar-refractivity contribution < 1.29 is 14.3 Å². The van der Waals surface area contributed by atoms with Crippen LogP contribution in [0.4, 0.5) is 5.69 Å². The van der Waals surface area contributed by atoms with E-state index >= 15 is 0 Å². The third-order valence-electron chi connectivity index (χ3n) is 4.53. The molecule has 0 radical (unpaired) electrons. The first kappa shape index (κ1) is 19.5. The average Bonchev–Trinajstić information content (AvgIpc) is 2.71. The number of amides is 1. The van der Waals surface area contributed by atoms with Gasteiger partial charge in [0, 0.05) is 5.69 Å². The molecule has 1 N–H and O–H groups in total. The van der Waals surface area contributed by atoms with Gasteiger partial charge in [0.2, 0.25) is 0 Å². The Morgan fingerprint density at radius 1 is 0.893 bits per heavy atom. The van der Waals surface area contributed by atoms with Gasteiger partial charge in [0.1, 0.15) is 18.1 Å². The molecule has 0 unspecified atom stereocenters. The number of anilines is 1. The van der Waals surface area contributed by atoms with Gasteiger partial charge >= 0.3 is 0 Å². The molecule has 3 rings (SSSR count). The van der Waals surface area contributed by atoms with Crippen molar-refractivity contribution in [1.29, 1.82) is 0 Å². The predicted octanol–water partition coefficient (Wildman–Crippen LogP) is 5.29. The summed E-state index contributed by atoms with van der Waals surface area (Å²) in [4.78, 5) is 12.4. The first-order chi connectivity index (χ1) is 13.5. The highest BCUT2D eigenvalue weighted by Gasteiger charge is 2.15. The fourth-order valence-corrected chi connectivity index (χ4v) is 2.66. The van der Waals surface area contributed by atoms with Gasteiger partial charge in [-0.05, 0) is 73.9 Å². The lowest BCUT2D eigenvalue weighted by Crippen LogP contribution is -2.30. The zero-order valence-corrected chi connectivity index (χ0v) is 16.4. The maximum Gasteiger partial charge on any atom is 0.265 e. The maximum absolute atomic E-state index is 12.4. The molecule has 0 aliphatic heterocycles. The van der Waals surface area contributed by atoms with Crippen molar-refractivity contribution in [1.82, 2.24) is 0 Å². The molecule has 4 nitrogen and oxygen atoms in total. The number of benzene rings is 3. The molecule has 0 aliphatic carbocycles. The van der Waals surface area contributed by atoms with E-state index in [4.69, 9.17) is 9.47 Å². The van der Waals surface area contributed by atoms with E-state index < -0.39 is 6.10 Å². The molecule has 0 aliphatic rings. The molecule has 0 fully saturated rings. The molecule has 0 spiro atoms. The first-order valence-corrected chi connectivity index (χ1v) is 9.33. The second kappa shape index (κ2) is 9.09. The highest BCUT2D eigenvalue weighted by molar-refractivity contribution is 5.94. The summed E-state index contributed by atoms with van der Waals surface area (Å²) in [6, 6.07) is 23.1. The van der Waals surface area contributed by atoms with E-state index in [1.807, 2.05) is 86.6 Å². The van der Waals surface area contributed by atoms with Crippen LogP contribution in [-0.4, -0.2) is 12.0 Å². The van der Waals surface area contributed by atoms with E-state index in [-0.39, 0.29) is 5.91 Å². The minimum Gasteiger partial charge on any atom is -0.489 e. The van der Waals surface area contributed by atoms with Crippen molar-refractivity contribution in [2.45, 2.75) is 33.5 Å². The van der Waals surface area contributed by atoms with Gasteiger partial charge in [-0.25, -0.2) is 0 Å². The monoisotopic (exact) mass is 375 g/mol. The van der Waals surface area contributed by atoms with E-state index in [9.17, 15) is 4.79 Å². The van der Waals surface area contributed by atoms with Crippen LogP contribution in [0.3, 0.4) is 0 Å².